The molecule has 5 aliphatic rings. The predicted octanol–water partition coefficient (Wildman–Crippen LogP) is 5.57. The molecule has 31 heavy (non-hydrogen) atoms. The first-order chi connectivity index (χ1) is 15.0. The molecule has 0 aromatic heterocycles. The molecule has 4 bridgehead atoms. The number of rotatable bonds is 6. The molecule has 1 unspecified atom stereocenters. The summed E-state index contributed by atoms with van der Waals surface area (Å²) in [5.41, 5.74) is 2.36. The Morgan fingerprint density at radius 2 is 1.74 bits per heavy atom. The maximum absolute atomic E-state index is 12.7. The van der Waals surface area contributed by atoms with Crippen LogP contribution in [0.3, 0.4) is 0 Å². The van der Waals surface area contributed by atoms with Crippen LogP contribution < -0.4 is 4.90 Å². The van der Waals surface area contributed by atoms with Crippen LogP contribution in [0.1, 0.15) is 64.4 Å². The highest BCUT2D eigenvalue weighted by Crippen LogP contribution is 2.55. The van der Waals surface area contributed by atoms with Crippen molar-refractivity contribution in [3.8, 4) is 0 Å². The molecule has 4 aliphatic carbocycles. The summed E-state index contributed by atoms with van der Waals surface area (Å²) in [7, 11) is 2.13. The molecule has 0 spiro atoms. The number of carbonyl (C=O) groups is 1. The Balaban J connectivity index is 1.32. The molecule has 168 valence electrons. The number of anilines is 1. The summed E-state index contributed by atoms with van der Waals surface area (Å²) < 4.78 is 0. The summed E-state index contributed by atoms with van der Waals surface area (Å²) in [6.45, 7) is 3.91. The fourth-order valence-corrected chi connectivity index (χ4v) is 8.06. The van der Waals surface area contributed by atoms with Crippen molar-refractivity contribution in [3.63, 3.8) is 0 Å². The van der Waals surface area contributed by atoms with Gasteiger partial charge < -0.3 is 4.90 Å². The molecule has 5 fully saturated rings. The lowest BCUT2D eigenvalue weighted by Gasteiger charge is -2.53. The van der Waals surface area contributed by atoms with Crippen molar-refractivity contribution in [3.05, 3.63) is 29.8 Å². The van der Waals surface area contributed by atoms with Crippen LogP contribution in [0, 0.1) is 23.7 Å². The van der Waals surface area contributed by atoms with Crippen LogP contribution in [0.25, 0.3) is 0 Å². The van der Waals surface area contributed by atoms with Crippen molar-refractivity contribution in [2.24, 2.45) is 28.7 Å². The third kappa shape index (κ3) is 4.15. The van der Waals surface area contributed by atoms with E-state index in [-0.39, 0.29) is 12.1 Å². The van der Waals surface area contributed by atoms with Gasteiger partial charge in [-0.3, -0.25) is 14.7 Å². The molecule has 1 heterocycles. The van der Waals surface area contributed by atoms with Gasteiger partial charge in [-0.15, -0.1) is 0 Å². The van der Waals surface area contributed by atoms with Gasteiger partial charge >= 0.3 is 0 Å². The monoisotopic (exact) mass is 439 g/mol. The van der Waals surface area contributed by atoms with Gasteiger partial charge in [-0.2, -0.15) is 0 Å². The molecule has 1 aliphatic heterocycles. The number of thioether (sulfide) groups is 1. The lowest BCUT2D eigenvalue weighted by Crippen LogP contribution is -2.50. The first kappa shape index (κ1) is 21.4. The normalized spacial score (nSPS) is 35.2. The summed E-state index contributed by atoms with van der Waals surface area (Å²) in [6.07, 6.45) is 10.6. The fourth-order valence-electron chi connectivity index (χ4n) is 6.87. The highest BCUT2D eigenvalue weighted by atomic mass is 32.2. The number of amidine groups is 1. The van der Waals surface area contributed by atoms with E-state index in [1.807, 2.05) is 16.7 Å². The van der Waals surface area contributed by atoms with Gasteiger partial charge in [0.1, 0.15) is 6.17 Å². The van der Waals surface area contributed by atoms with Gasteiger partial charge in [0.05, 0.1) is 6.04 Å². The molecule has 5 heteroatoms. The maximum Gasteiger partial charge on any atom is 0.225 e. The minimum atomic E-state index is 0.0413. The lowest BCUT2D eigenvalue weighted by atomic mass is 9.54. The minimum absolute atomic E-state index is 0.0413. The SMILES string of the molecule is CCCCc1ccc(N(C(C)=O)C2CSC(=NC3C4CC5CC(C4)CC3C5)N2C)cc1. The Kier molecular flexibility index (Phi) is 6.07. The van der Waals surface area contributed by atoms with Gasteiger partial charge in [-0.05, 0) is 86.3 Å². The summed E-state index contributed by atoms with van der Waals surface area (Å²) >= 11 is 1.84. The fraction of sp³-hybridized carbons (Fsp3) is 0.692. The van der Waals surface area contributed by atoms with Crippen LogP contribution in [-0.4, -0.2) is 41.0 Å². The highest BCUT2D eigenvalue weighted by molar-refractivity contribution is 8.14. The number of benzene rings is 1. The molecule has 0 radical (unpaired) electrons. The smallest absolute Gasteiger partial charge is 0.225 e. The van der Waals surface area contributed by atoms with Gasteiger partial charge in [-0.25, -0.2) is 0 Å². The third-order valence-corrected chi connectivity index (χ3v) is 9.33. The molecule has 1 aromatic carbocycles. The van der Waals surface area contributed by atoms with E-state index in [9.17, 15) is 4.79 Å². The first-order valence-electron chi connectivity index (χ1n) is 12.4. The second-order valence-corrected chi connectivity index (χ2v) is 11.4. The van der Waals surface area contributed by atoms with Gasteiger partial charge in [0.2, 0.25) is 5.91 Å². The zero-order valence-corrected chi connectivity index (χ0v) is 20.1. The number of hydrogen-bond donors (Lipinski definition) is 0. The van der Waals surface area contributed by atoms with Crippen LogP contribution in [0.5, 0.6) is 0 Å². The zero-order chi connectivity index (χ0) is 21.5. The van der Waals surface area contributed by atoms with Gasteiger partial charge in [-0.1, -0.05) is 37.2 Å². The number of carbonyl (C=O) groups excluding carboxylic acids is 1. The van der Waals surface area contributed by atoms with Gasteiger partial charge in [0.25, 0.3) is 0 Å². The predicted molar refractivity (Wildman–Crippen MR) is 130 cm³/mol. The maximum atomic E-state index is 12.7. The van der Waals surface area contributed by atoms with Crippen molar-refractivity contribution >= 4 is 28.5 Å². The molecule has 1 saturated heterocycles. The average Bonchev–Trinajstić information content (AvgIpc) is 3.09. The van der Waals surface area contributed by atoms with Crippen LogP contribution in [0.4, 0.5) is 5.69 Å². The molecule has 0 N–H and O–H groups in total. The Morgan fingerprint density at radius 1 is 1.10 bits per heavy atom. The number of amides is 1. The average molecular weight is 440 g/mol. The number of aliphatic imine (C=N–C) groups is 1. The Hall–Kier alpha value is -1.49. The van der Waals surface area contributed by atoms with Crippen LogP contribution >= 0.6 is 11.8 Å². The van der Waals surface area contributed by atoms with E-state index in [2.05, 4.69) is 43.1 Å². The molecule has 4 nitrogen and oxygen atoms in total. The summed E-state index contributed by atoms with van der Waals surface area (Å²) in [4.78, 5) is 22.3. The standard InChI is InChI=1S/C26H37N3OS/c1-4-5-6-18-7-9-23(10-8-18)29(17(2)30)24-16-31-26(28(24)3)27-25-21-12-19-11-20(14-21)15-22(25)13-19/h7-10,19-22,24-25H,4-6,11-16H2,1-3H3. The molecule has 1 atom stereocenters. The summed E-state index contributed by atoms with van der Waals surface area (Å²) in [5.74, 6) is 4.56. The second-order valence-electron chi connectivity index (χ2n) is 10.4. The topological polar surface area (TPSA) is 35.9 Å². The quantitative estimate of drug-likeness (QED) is 0.581. The lowest BCUT2D eigenvalue weighted by molar-refractivity contribution is -0.117. The van der Waals surface area contributed by atoms with E-state index in [4.69, 9.17) is 4.99 Å². The Labute approximate surface area is 191 Å². The van der Waals surface area contributed by atoms with Crippen molar-refractivity contribution in [2.45, 2.75) is 77.4 Å². The molecule has 1 amide bonds. The highest BCUT2D eigenvalue weighted by Gasteiger charge is 2.49. The zero-order valence-electron chi connectivity index (χ0n) is 19.3. The van der Waals surface area contributed by atoms with Crippen molar-refractivity contribution in [1.82, 2.24) is 4.90 Å². The summed E-state index contributed by atoms with van der Waals surface area (Å²) in [5, 5.41) is 1.15. The van der Waals surface area contributed by atoms with E-state index in [1.165, 1.54) is 50.5 Å². The van der Waals surface area contributed by atoms with Crippen LogP contribution in [0.2, 0.25) is 0 Å². The Bertz CT molecular complexity index is 808. The molecule has 6 rings (SSSR count). The number of hydrogen-bond acceptors (Lipinski definition) is 3. The van der Waals surface area contributed by atoms with Gasteiger partial charge in [0, 0.05) is 25.4 Å². The van der Waals surface area contributed by atoms with Gasteiger partial charge in [0.15, 0.2) is 5.17 Å². The minimum Gasteiger partial charge on any atom is -0.333 e. The number of aryl methyl sites for hydroxylation is 1. The number of nitrogens with zero attached hydrogens (tertiary/aromatic N) is 3. The molecule has 1 aromatic rings. The van der Waals surface area contributed by atoms with Crippen LogP contribution in [0.15, 0.2) is 29.3 Å². The molecular formula is C26H37N3OS. The molecule has 4 saturated carbocycles. The third-order valence-electron chi connectivity index (χ3n) is 8.22. The summed E-state index contributed by atoms with van der Waals surface area (Å²) in [6, 6.07) is 9.13. The van der Waals surface area contributed by atoms with Crippen molar-refractivity contribution in [2.75, 3.05) is 17.7 Å². The van der Waals surface area contributed by atoms with E-state index in [1.54, 1.807) is 6.92 Å². The Morgan fingerprint density at radius 3 is 2.32 bits per heavy atom. The van der Waals surface area contributed by atoms with E-state index in [0.717, 1.165) is 46.7 Å². The van der Waals surface area contributed by atoms with Crippen molar-refractivity contribution in [1.29, 1.82) is 0 Å². The van der Waals surface area contributed by atoms with Crippen molar-refractivity contribution < 1.29 is 4.79 Å². The first-order valence-corrected chi connectivity index (χ1v) is 13.3. The molecular weight excluding hydrogens is 402 g/mol. The van der Waals surface area contributed by atoms with E-state index in [0.29, 0.717) is 6.04 Å². The number of unbranched alkanes of at least 4 members (excludes halogenated alkanes) is 1. The van der Waals surface area contributed by atoms with E-state index < -0.39 is 0 Å². The van der Waals surface area contributed by atoms with E-state index >= 15 is 0 Å². The van der Waals surface area contributed by atoms with Crippen LogP contribution in [-0.2, 0) is 11.2 Å². The second kappa shape index (κ2) is 8.80. The largest absolute Gasteiger partial charge is 0.333 e.